The number of likely N-dealkylation sites (N-methyl/N-ethyl adjacent to an activating group) is 1. The maximum atomic E-state index is 12.5. The second-order valence-electron chi connectivity index (χ2n) is 8.12. The van der Waals surface area contributed by atoms with Crippen molar-refractivity contribution in [1.29, 1.82) is 0 Å². The molecular formula is C24H32N4O4. The van der Waals surface area contributed by atoms with Gasteiger partial charge in [0.1, 0.15) is 11.5 Å². The number of carbonyl (C=O) groups is 2. The zero-order chi connectivity index (χ0) is 23.3. The van der Waals surface area contributed by atoms with Crippen molar-refractivity contribution in [3.63, 3.8) is 0 Å². The summed E-state index contributed by atoms with van der Waals surface area (Å²) in [6, 6.07) is 11.4. The molecule has 8 nitrogen and oxygen atoms in total. The van der Waals surface area contributed by atoms with Gasteiger partial charge in [-0.3, -0.25) is 9.59 Å². The highest BCUT2D eigenvalue weighted by atomic mass is 16.5. The highest BCUT2D eigenvalue weighted by molar-refractivity contribution is 6.39. The normalized spacial score (nSPS) is 13.9. The predicted octanol–water partition coefficient (Wildman–Crippen LogP) is 2.44. The molecule has 0 saturated carbocycles. The first-order chi connectivity index (χ1) is 15.3. The molecule has 0 spiro atoms. The lowest BCUT2D eigenvalue weighted by atomic mass is 9.96. The first kappa shape index (κ1) is 23.4. The molecule has 1 atom stereocenters. The van der Waals surface area contributed by atoms with E-state index < -0.39 is 11.8 Å². The standard InChI is InChI=1S/C24H32N4O4/c1-27(2)21(17-8-10-20-16(13-17)7-6-12-28(20)3)15-25-23(29)24(30)26-19-14-18(31-4)9-11-22(19)32-5/h8-11,13-14,21H,6-7,12,15H2,1-5H3,(H,25,29)(H,26,30)/t21-/m1/s1. The molecule has 172 valence electrons. The van der Waals surface area contributed by atoms with E-state index in [1.54, 1.807) is 18.2 Å². The summed E-state index contributed by atoms with van der Waals surface area (Å²) in [6.45, 7) is 1.37. The Morgan fingerprint density at radius 2 is 1.88 bits per heavy atom. The number of carbonyl (C=O) groups excluding carboxylic acids is 2. The minimum absolute atomic E-state index is 0.0596. The van der Waals surface area contributed by atoms with Crippen LogP contribution < -0.4 is 25.0 Å². The van der Waals surface area contributed by atoms with Crippen molar-refractivity contribution in [3.8, 4) is 11.5 Å². The Balaban J connectivity index is 1.67. The quantitative estimate of drug-likeness (QED) is 0.644. The molecule has 0 bridgehead atoms. The molecule has 0 radical (unpaired) electrons. The zero-order valence-corrected chi connectivity index (χ0v) is 19.4. The number of anilines is 2. The van der Waals surface area contributed by atoms with Crippen LogP contribution in [-0.4, -0.2) is 65.2 Å². The Bertz CT molecular complexity index is 976. The predicted molar refractivity (Wildman–Crippen MR) is 126 cm³/mol. The van der Waals surface area contributed by atoms with E-state index >= 15 is 0 Å². The Hall–Kier alpha value is -3.26. The summed E-state index contributed by atoms with van der Waals surface area (Å²) in [6.07, 6.45) is 2.18. The fourth-order valence-corrected chi connectivity index (χ4v) is 3.97. The van der Waals surface area contributed by atoms with Gasteiger partial charge >= 0.3 is 11.8 Å². The number of hydrogen-bond donors (Lipinski definition) is 2. The monoisotopic (exact) mass is 440 g/mol. The van der Waals surface area contributed by atoms with Crippen LogP contribution in [0.15, 0.2) is 36.4 Å². The molecule has 1 aliphatic heterocycles. The second-order valence-corrected chi connectivity index (χ2v) is 8.12. The van der Waals surface area contributed by atoms with Crippen LogP contribution in [0.2, 0.25) is 0 Å². The third-order valence-corrected chi connectivity index (χ3v) is 5.78. The van der Waals surface area contributed by atoms with Crippen LogP contribution >= 0.6 is 0 Å². The summed E-state index contributed by atoms with van der Waals surface area (Å²) in [7, 11) is 9.06. The number of hydrogen-bond acceptors (Lipinski definition) is 6. The molecule has 0 aliphatic carbocycles. The molecule has 0 aromatic heterocycles. The number of rotatable bonds is 7. The van der Waals surface area contributed by atoms with Crippen molar-refractivity contribution in [3.05, 3.63) is 47.5 Å². The van der Waals surface area contributed by atoms with Crippen LogP contribution in [-0.2, 0) is 16.0 Å². The van der Waals surface area contributed by atoms with Gasteiger partial charge in [0, 0.05) is 31.9 Å². The summed E-state index contributed by atoms with van der Waals surface area (Å²) in [5.74, 6) is -0.482. The van der Waals surface area contributed by atoms with Gasteiger partial charge in [0.05, 0.1) is 25.9 Å². The molecule has 0 unspecified atom stereocenters. The number of ether oxygens (including phenoxy) is 2. The van der Waals surface area contributed by atoms with Crippen molar-refractivity contribution in [2.75, 3.05) is 58.7 Å². The zero-order valence-electron chi connectivity index (χ0n) is 19.4. The Morgan fingerprint density at radius 1 is 1.09 bits per heavy atom. The SMILES string of the molecule is COc1ccc(OC)c(NC(=O)C(=O)NC[C@H](c2ccc3c(c2)CCCN3C)N(C)C)c1. The van der Waals surface area contributed by atoms with E-state index in [1.165, 1.54) is 25.5 Å². The number of benzene rings is 2. The van der Waals surface area contributed by atoms with Crippen molar-refractivity contribution in [1.82, 2.24) is 10.2 Å². The van der Waals surface area contributed by atoms with Gasteiger partial charge in [0.25, 0.3) is 0 Å². The van der Waals surface area contributed by atoms with Gasteiger partial charge < -0.3 is 29.9 Å². The first-order valence-electron chi connectivity index (χ1n) is 10.7. The van der Waals surface area contributed by atoms with Gasteiger partial charge in [0.15, 0.2) is 0 Å². The molecule has 3 rings (SSSR count). The number of nitrogens with zero attached hydrogens (tertiary/aromatic N) is 2. The maximum absolute atomic E-state index is 12.5. The molecule has 32 heavy (non-hydrogen) atoms. The van der Waals surface area contributed by atoms with Crippen molar-refractivity contribution < 1.29 is 19.1 Å². The van der Waals surface area contributed by atoms with Gasteiger partial charge in [-0.05, 0) is 56.3 Å². The summed E-state index contributed by atoms with van der Waals surface area (Å²) in [5, 5.41) is 5.36. The lowest BCUT2D eigenvalue weighted by Gasteiger charge is -2.30. The lowest BCUT2D eigenvalue weighted by Crippen LogP contribution is -2.40. The van der Waals surface area contributed by atoms with Crippen molar-refractivity contribution >= 4 is 23.2 Å². The topological polar surface area (TPSA) is 83.1 Å². The number of nitrogens with one attached hydrogen (secondary N) is 2. The first-order valence-corrected chi connectivity index (χ1v) is 10.7. The molecule has 2 aromatic carbocycles. The Labute approximate surface area is 189 Å². The van der Waals surface area contributed by atoms with E-state index in [1.807, 2.05) is 19.0 Å². The van der Waals surface area contributed by atoms with Gasteiger partial charge in [-0.25, -0.2) is 0 Å². The molecule has 2 aromatic rings. The number of amides is 2. The van der Waals surface area contributed by atoms with E-state index in [-0.39, 0.29) is 6.04 Å². The lowest BCUT2D eigenvalue weighted by molar-refractivity contribution is -0.136. The third kappa shape index (κ3) is 5.31. The van der Waals surface area contributed by atoms with Crippen LogP contribution in [0.25, 0.3) is 0 Å². The van der Waals surface area contributed by atoms with E-state index in [9.17, 15) is 9.59 Å². The molecule has 1 heterocycles. The molecule has 2 N–H and O–H groups in total. The van der Waals surface area contributed by atoms with Gasteiger partial charge in [-0.2, -0.15) is 0 Å². The van der Waals surface area contributed by atoms with Gasteiger partial charge in [-0.1, -0.05) is 12.1 Å². The fraction of sp³-hybridized carbons (Fsp3) is 0.417. The Kier molecular flexibility index (Phi) is 7.58. The maximum Gasteiger partial charge on any atom is 0.313 e. The summed E-state index contributed by atoms with van der Waals surface area (Å²) in [5.41, 5.74) is 4.06. The molecule has 0 saturated heterocycles. The number of fused-ring (bicyclic) bond motifs is 1. The molecule has 2 amide bonds. The summed E-state index contributed by atoms with van der Waals surface area (Å²) < 4.78 is 10.4. The summed E-state index contributed by atoms with van der Waals surface area (Å²) >= 11 is 0. The highest BCUT2D eigenvalue weighted by Gasteiger charge is 2.22. The van der Waals surface area contributed by atoms with E-state index in [4.69, 9.17) is 9.47 Å². The molecule has 0 fully saturated rings. The van der Waals surface area contributed by atoms with E-state index in [2.05, 4.69) is 40.8 Å². The van der Waals surface area contributed by atoms with Crippen LogP contribution in [0.4, 0.5) is 11.4 Å². The minimum Gasteiger partial charge on any atom is -0.497 e. The molecular weight excluding hydrogens is 408 g/mol. The van der Waals surface area contributed by atoms with Crippen molar-refractivity contribution in [2.24, 2.45) is 0 Å². The van der Waals surface area contributed by atoms with Crippen LogP contribution in [0, 0.1) is 0 Å². The highest BCUT2D eigenvalue weighted by Crippen LogP contribution is 2.30. The molecule has 8 heteroatoms. The van der Waals surface area contributed by atoms with Crippen LogP contribution in [0.3, 0.4) is 0 Å². The second kappa shape index (κ2) is 10.4. The van der Waals surface area contributed by atoms with Crippen LogP contribution in [0.1, 0.15) is 23.6 Å². The van der Waals surface area contributed by atoms with E-state index in [0.29, 0.717) is 23.7 Å². The largest absolute Gasteiger partial charge is 0.497 e. The smallest absolute Gasteiger partial charge is 0.313 e. The molecule has 1 aliphatic rings. The average molecular weight is 441 g/mol. The van der Waals surface area contributed by atoms with Crippen LogP contribution in [0.5, 0.6) is 11.5 Å². The Morgan fingerprint density at radius 3 is 2.56 bits per heavy atom. The fourth-order valence-electron chi connectivity index (χ4n) is 3.97. The number of methoxy groups -OCH3 is 2. The third-order valence-electron chi connectivity index (χ3n) is 5.78. The van der Waals surface area contributed by atoms with Gasteiger partial charge in [-0.15, -0.1) is 0 Å². The van der Waals surface area contributed by atoms with E-state index in [0.717, 1.165) is 24.9 Å². The van der Waals surface area contributed by atoms with Crippen molar-refractivity contribution in [2.45, 2.75) is 18.9 Å². The summed E-state index contributed by atoms with van der Waals surface area (Å²) in [4.78, 5) is 29.3. The minimum atomic E-state index is -0.763. The number of aryl methyl sites for hydroxylation is 1. The van der Waals surface area contributed by atoms with Gasteiger partial charge in [0.2, 0.25) is 0 Å². The average Bonchev–Trinajstić information content (AvgIpc) is 2.78.